The topological polar surface area (TPSA) is 103 Å². The minimum absolute atomic E-state index is 0.0213. The summed E-state index contributed by atoms with van der Waals surface area (Å²) in [5.74, 6) is -0.616. The van der Waals surface area contributed by atoms with E-state index >= 15 is 0 Å². The molecule has 210 valence electrons. The van der Waals surface area contributed by atoms with Gasteiger partial charge in [-0.3, -0.25) is 24.4 Å². The summed E-state index contributed by atoms with van der Waals surface area (Å²) in [4.78, 5) is 54.2. The molecule has 2 aromatic carbocycles. The molecule has 7 heteroatoms. The van der Waals surface area contributed by atoms with Gasteiger partial charge in [-0.1, -0.05) is 59.7 Å². The molecule has 0 saturated heterocycles. The van der Waals surface area contributed by atoms with Crippen molar-refractivity contribution in [2.24, 2.45) is 0 Å². The van der Waals surface area contributed by atoms with E-state index in [0.29, 0.717) is 11.4 Å². The van der Waals surface area contributed by atoms with E-state index in [2.05, 4.69) is 14.7 Å². The number of ketones is 3. The Hall–Kier alpha value is -4.78. The molecule has 41 heavy (non-hydrogen) atoms. The SMILES string of the molecule is CC(=O)CCC(=O)c1cc(-c2ccc(C)cc2)ccn1.COC(=O)CCC(=O)c1cc(-c2ccc(C)cc2)ccn1. The molecular formula is C34H34N2O5. The number of carbonyl (C=O) groups is 4. The highest BCUT2D eigenvalue weighted by molar-refractivity contribution is 5.97. The van der Waals surface area contributed by atoms with Crippen molar-refractivity contribution in [1.82, 2.24) is 9.97 Å². The fourth-order valence-corrected chi connectivity index (χ4v) is 3.88. The Morgan fingerprint density at radius 2 is 1.00 bits per heavy atom. The second kappa shape index (κ2) is 15.1. The zero-order valence-corrected chi connectivity index (χ0v) is 23.8. The van der Waals surface area contributed by atoms with Crippen molar-refractivity contribution in [2.45, 2.75) is 46.5 Å². The standard InChI is InChI=1S/C17H17NO3.C17H17NO2/c1-12-3-5-13(6-4-12)14-9-10-18-15(11-14)16(19)7-8-17(20)21-2;1-12-3-6-14(7-4-12)15-9-10-18-16(11-15)17(20)8-5-13(2)19/h3-6,9-11H,7-8H2,1-2H3;3-4,6-7,9-11H,5,8H2,1-2H3. The van der Waals surface area contributed by atoms with Crippen molar-refractivity contribution in [3.05, 3.63) is 108 Å². The van der Waals surface area contributed by atoms with Gasteiger partial charge in [-0.2, -0.15) is 0 Å². The zero-order valence-electron chi connectivity index (χ0n) is 23.8. The molecule has 0 bridgehead atoms. The van der Waals surface area contributed by atoms with Crippen LogP contribution in [-0.4, -0.2) is 40.4 Å². The van der Waals surface area contributed by atoms with Gasteiger partial charge in [0.1, 0.15) is 17.2 Å². The Morgan fingerprint density at radius 1 is 0.585 bits per heavy atom. The zero-order chi connectivity index (χ0) is 29.8. The first-order valence-electron chi connectivity index (χ1n) is 13.3. The first-order chi connectivity index (χ1) is 19.7. The maximum Gasteiger partial charge on any atom is 0.305 e. The number of hydrogen-bond acceptors (Lipinski definition) is 7. The third kappa shape index (κ3) is 9.72. The lowest BCUT2D eigenvalue weighted by molar-refractivity contribution is -0.140. The number of methoxy groups -OCH3 is 1. The fourth-order valence-electron chi connectivity index (χ4n) is 3.88. The van der Waals surface area contributed by atoms with E-state index in [4.69, 9.17) is 0 Å². The van der Waals surface area contributed by atoms with Crippen molar-refractivity contribution in [3.63, 3.8) is 0 Å². The Kier molecular flexibility index (Phi) is 11.3. The van der Waals surface area contributed by atoms with E-state index in [1.54, 1.807) is 24.5 Å². The highest BCUT2D eigenvalue weighted by Gasteiger charge is 2.12. The van der Waals surface area contributed by atoms with Gasteiger partial charge in [-0.25, -0.2) is 0 Å². The molecule has 0 atom stereocenters. The Morgan fingerprint density at radius 3 is 1.39 bits per heavy atom. The van der Waals surface area contributed by atoms with Gasteiger partial charge in [-0.05, 0) is 67.3 Å². The average Bonchev–Trinajstić information content (AvgIpc) is 2.99. The number of Topliss-reactive ketones (excluding diaryl/α,β-unsaturated/α-hetero) is 3. The molecule has 7 nitrogen and oxygen atoms in total. The van der Waals surface area contributed by atoms with Gasteiger partial charge in [0.15, 0.2) is 11.6 Å². The third-order valence-electron chi connectivity index (χ3n) is 6.35. The molecule has 4 rings (SSSR count). The Labute approximate surface area is 240 Å². The van der Waals surface area contributed by atoms with Crippen LogP contribution in [0.2, 0.25) is 0 Å². The molecule has 0 N–H and O–H groups in total. The summed E-state index contributed by atoms with van der Waals surface area (Å²) in [6, 6.07) is 23.5. The number of benzene rings is 2. The predicted octanol–water partition coefficient (Wildman–Crippen LogP) is 6.80. The van der Waals surface area contributed by atoms with Crippen molar-refractivity contribution in [1.29, 1.82) is 0 Å². The lowest BCUT2D eigenvalue weighted by Crippen LogP contribution is -2.07. The largest absolute Gasteiger partial charge is 0.469 e. The average molecular weight is 551 g/mol. The Bertz CT molecular complexity index is 1510. The molecule has 0 unspecified atom stereocenters. The fraction of sp³-hybridized carbons (Fsp3) is 0.235. The summed E-state index contributed by atoms with van der Waals surface area (Å²) >= 11 is 0. The molecule has 0 saturated carbocycles. The van der Waals surface area contributed by atoms with Crippen molar-refractivity contribution < 1.29 is 23.9 Å². The van der Waals surface area contributed by atoms with Crippen LogP contribution in [0.5, 0.6) is 0 Å². The van der Waals surface area contributed by atoms with Crippen LogP contribution in [0.25, 0.3) is 22.3 Å². The van der Waals surface area contributed by atoms with Gasteiger partial charge in [0.2, 0.25) is 0 Å². The number of hydrogen-bond donors (Lipinski definition) is 0. The number of carbonyl (C=O) groups excluding carboxylic acids is 4. The van der Waals surface area contributed by atoms with E-state index < -0.39 is 5.97 Å². The number of pyridine rings is 2. The quantitative estimate of drug-likeness (QED) is 0.158. The highest BCUT2D eigenvalue weighted by Crippen LogP contribution is 2.22. The maximum absolute atomic E-state index is 12.0. The number of nitrogens with zero attached hydrogens (tertiary/aromatic N) is 2. The second-order valence-corrected chi connectivity index (χ2v) is 9.72. The van der Waals surface area contributed by atoms with E-state index in [1.165, 1.54) is 25.2 Å². The van der Waals surface area contributed by atoms with Gasteiger partial charge in [-0.15, -0.1) is 0 Å². The van der Waals surface area contributed by atoms with Crippen LogP contribution < -0.4 is 0 Å². The molecular weight excluding hydrogens is 516 g/mol. The van der Waals surface area contributed by atoms with Crippen LogP contribution >= 0.6 is 0 Å². The summed E-state index contributed by atoms with van der Waals surface area (Å²) in [5, 5.41) is 0. The van der Waals surface area contributed by atoms with E-state index in [0.717, 1.165) is 22.3 Å². The molecule has 0 amide bonds. The van der Waals surface area contributed by atoms with Gasteiger partial charge >= 0.3 is 5.97 Å². The maximum atomic E-state index is 12.0. The van der Waals surface area contributed by atoms with Crippen LogP contribution in [0.15, 0.2) is 85.2 Å². The summed E-state index contributed by atoms with van der Waals surface area (Å²) in [6.07, 6.45) is 3.93. The number of esters is 1. The van der Waals surface area contributed by atoms with E-state index in [1.807, 2.05) is 74.5 Å². The molecule has 0 aliphatic rings. The first kappa shape index (κ1) is 30.8. The first-order valence-corrected chi connectivity index (χ1v) is 13.3. The van der Waals surface area contributed by atoms with Crippen LogP contribution in [0.4, 0.5) is 0 Å². The highest BCUT2D eigenvalue weighted by atomic mass is 16.5. The minimum Gasteiger partial charge on any atom is -0.469 e. The predicted molar refractivity (Wildman–Crippen MR) is 159 cm³/mol. The molecule has 4 aromatic rings. The molecule has 0 spiro atoms. The molecule has 2 aromatic heterocycles. The lowest BCUT2D eigenvalue weighted by Gasteiger charge is -2.05. The number of aromatic nitrogens is 2. The van der Waals surface area contributed by atoms with Gasteiger partial charge in [0, 0.05) is 31.7 Å². The summed E-state index contributed by atoms with van der Waals surface area (Å²) < 4.78 is 4.53. The molecule has 0 fully saturated rings. The van der Waals surface area contributed by atoms with E-state index in [-0.39, 0.29) is 43.0 Å². The van der Waals surface area contributed by atoms with Crippen molar-refractivity contribution >= 4 is 23.3 Å². The minimum atomic E-state index is -0.391. The van der Waals surface area contributed by atoms with E-state index in [9.17, 15) is 19.2 Å². The van der Waals surface area contributed by atoms with Crippen molar-refractivity contribution in [2.75, 3.05) is 7.11 Å². The normalized spacial score (nSPS) is 10.2. The molecule has 0 aliphatic carbocycles. The Balaban J connectivity index is 0.000000226. The van der Waals surface area contributed by atoms with Crippen molar-refractivity contribution in [3.8, 4) is 22.3 Å². The van der Waals surface area contributed by atoms with Gasteiger partial charge < -0.3 is 9.53 Å². The van der Waals surface area contributed by atoms with Crippen LogP contribution in [0, 0.1) is 13.8 Å². The smallest absolute Gasteiger partial charge is 0.305 e. The monoisotopic (exact) mass is 550 g/mol. The van der Waals surface area contributed by atoms with Crippen LogP contribution in [0.3, 0.4) is 0 Å². The number of ether oxygens (including phenoxy) is 1. The summed E-state index contributed by atoms with van der Waals surface area (Å²) in [6.45, 7) is 5.55. The van der Waals surface area contributed by atoms with Gasteiger partial charge in [0.25, 0.3) is 0 Å². The lowest BCUT2D eigenvalue weighted by atomic mass is 10.0. The molecule has 0 aliphatic heterocycles. The van der Waals surface area contributed by atoms with Crippen LogP contribution in [0.1, 0.15) is 64.7 Å². The third-order valence-corrected chi connectivity index (χ3v) is 6.35. The van der Waals surface area contributed by atoms with Crippen LogP contribution in [-0.2, 0) is 14.3 Å². The summed E-state index contributed by atoms with van der Waals surface area (Å²) in [5.41, 5.74) is 7.16. The molecule has 2 heterocycles. The summed E-state index contributed by atoms with van der Waals surface area (Å²) in [7, 11) is 1.31. The number of rotatable bonds is 10. The number of aryl methyl sites for hydroxylation is 2. The van der Waals surface area contributed by atoms with Gasteiger partial charge in [0.05, 0.1) is 13.5 Å². The second-order valence-electron chi connectivity index (χ2n) is 9.72. The molecule has 0 radical (unpaired) electrons.